The van der Waals surface area contributed by atoms with E-state index in [-0.39, 0.29) is 5.91 Å². The maximum absolute atomic E-state index is 12.2. The van der Waals surface area contributed by atoms with Gasteiger partial charge in [0.25, 0.3) is 0 Å². The number of aromatic nitrogens is 1. The van der Waals surface area contributed by atoms with Crippen molar-refractivity contribution < 1.29 is 4.79 Å². The molecule has 0 aliphatic heterocycles. The minimum atomic E-state index is -0.0210. The van der Waals surface area contributed by atoms with E-state index >= 15 is 0 Å². The molecule has 2 N–H and O–H groups in total. The van der Waals surface area contributed by atoms with Crippen LogP contribution in [0.4, 0.5) is 11.4 Å². The van der Waals surface area contributed by atoms with Crippen molar-refractivity contribution in [3.8, 4) is 0 Å². The van der Waals surface area contributed by atoms with Crippen LogP contribution in [0.15, 0.2) is 29.6 Å². The molecule has 1 fully saturated rings. The van der Waals surface area contributed by atoms with Crippen molar-refractivity contribution in [1.82, 2.24) is 4.98 Å². The van der Waals surface area contributed by atoms with Gasteiger partial charge in [-0.2, -0.15) is 0 Å². The molecule has 3 rings (SSSR count). The summed E-state index contributed by atoms with van der Waals surface area (Å²) in [4.78, 5) is 16.7. The first-order valence-corrected chi connectivity index (χ1v) is 10.1. The number of amides is 1. The molecule has 1 aliphatic rings. The van der Waals surface area contributed by atoms with Crippen molar-refractivity contribution in [2.75, 3.05) is 17.2 Å². The van der Waals surface area contributed by atoms with E-state index in [1.165, 1.54) is 25.7 Å². The Morgan fingerprint density at radius 2 is 1.88 bits per heavy atom. The fraction of sp³-hybridized carbons (Fsp3) is 0.500. The summed E-state index contributed by atoms with van der Waals surface area (Å²) >= 11 is 1.62. The van der Waals surface area contributed by atoms with Crippen LogP contribution in [0.2, 0.25) is 0 Å². The standard InChI is InChI=1S/C20H27N3OS/c1-14(2)20-23-18(13-25-20)11-19(24)22-17-9-7-16(8-10-17)21-12-15-5-3-4-6-15/h7-10,13-15,21H,3-6,11-12H2,1-2H3,(H,22,24). The summed E-state index contributed by atoms with van der Waals surface area (Å²) in [6, 6.07) is 7.97. The monoisotopic (exact) mass is 357 g/mol. The molecule has 4 nitrogen and oxygen atoms in total. The number of carbonyl (C=O) groups is 1. The molecule has 0 saturated heterocycles. The second kappa shape index (κ2) is 8.48. The second-order valence-corrected chi connectivity index (χ2v) is 8.06. The lowest BCUT2D eigenvalue weighted by molar-refractivity contribution is -0.115. The molecule has 0 unspecified atom stereocenters. The zero-order valence-electron chi connectivity index (χ0n) is 15.0. The van der Waals surface area contributed by atoms with Crippen LogP contribution in [0.3, 0.4) is 0 Å². The van der Waals surface area contributed by atoms with Gasteiger partial charge in [0.15, 0.2) is 0 Å². The first-order chi connectivity index (χ1) is 12.1. The van der Waals surface area contributed by atoms with Crippen LogP contribution < -0.4 is 10.6 Å². The number of benzene rings is 1. The summed E-state index contributed by atoms with van der Waals surface area (Å²) in [5.74, 6) is 1.20. The number of thiazole rings is 1. The Hall–Kier alpha value is -1.88. The Balaban J connectivity index is 1.47. The molecular formula is C20H27N3OS. The van der Waals surface area contributed by atoms with E-state index in [1.54, 1.807) is 11.3 Å². The highest BCUT2D eigenvalue weighted by atomic mass is 32.1. The van der Waals surface area contributed by atoms with Crippen LogP contribution in [0.1, 0.15) is 56.2 Å². The van der Waals surface area contributed by atoms with Gasteiger partial charge in [0.05, 0.1) is 17.1 Å². The average Bonchev–Trinajstić information content (AvgIpc) is 3.26. The molecule has 0 bridgehead atoms. The number of carbonyl (C=O) groups excluding carboxylic acids is 1. The highest BCUT2D eigenvalue weighted by Gasteiger charge is 2.14. The van der Waals surface area contributed by atoms with Gasteiger partial charge in [0.1, 0.15) is 0 Å². The third-order valence-electron chi connectivity index (χ3n) is 4.64. The fourth-order valence-corrected chi connectivity index (χ4v) is 4.02. The molecule has 1 aromatic heterocycles. The Bertz CT molecular complexity index is 687. The minimum absolute atomic E-state index is 0.0210. The zero-order valence-corrected chi connectivity index (χ0v) is 15.9. The summed E-state index contributed by atoms with van der Waals surface area (Å²) in [7, 11) is 0. The fourth-order valence-electron chi connectivity index (χ4n) is 3.19. The normalized spacial score (nSPS) is 14.8. The molecule has 1 aliphatic carbocycles. The van der Waals surface area contributed by atoms with Crippen LogP contribution in [-0.2, 0) is 11.2 Å². The topological polar surface area (TPSA) is 54.0 Å². The van der Waals surface area contributed by atoms with E-state index in [0.717, 1.165) is 34.5 Å². The van der Waals surface area contributed by atoms with Gasteiger partial charge in [-0.25, -0.2) is 4.98 Å². The zero-order chi connectivity index (χ0) is 17.6. The van der Waals surface area contributed by atoms with Gasteiger partial charge in [-0.3, -0.25) is 4.79 Å². The third-order valence-corrected chi connectivity index (χ3v) is 5.84. The Morgan fingerprint density at radius 1 is 1.20 bits per heavy atom. The number of anilines is 2. The maximum atomic E-state index is 12.2. The number of rotatable bonds is 7. The van der Waals surface area contributed by atoms with Crippen LogP contribution in [0.25, 0.3) is 0 Å². The van der Waals surface area contributed by atoms with Crippen molar-refractivity contribution in [2.24, 2.45) is 5.92 Å². The maximum Gasteiger partial charge on any atom is 0.230 e. The van der Waals surface area contributed by atoms with E-state index < -0.39 is 0 Å². The Kier molecular flexibility index (Phi) is 6.08. The lowest BCUT2D eigenvalue weighted by atomic mass is 10.1. The number of nitrogens with zero attached hydrogens (tertiary/aromatic N) is 1. The molecule has 1 amide bonds. The van der Waals surface area contributed by atoms with Crippen molar-refractivity contribution in [3.63, 3.8) is 0 Å². The van der Waals surface area contributed by atoms with Gasteiger partial charge < -0.3 is 10.6 Å². The summed E-state index contributed by atoms with van der Waals surface area (Å²) in [6.07, 6.45) is 5.75. The number of nitrogens with one attached hydrogen (secondary N) is 2. The Morgan fingerprint density at radius 3 is 2.52 bits per heavy atom. The van der Waals surface area contributed by atoms with Crippen molar-refractivity contribution in [3.05, 3.63) is 40.3 Å². The molecule has 0 radical (unpaired) electrons. The predicted octanol–water partition coefficient (Wildman–Crippen LogP) is 5.05. The molecule has 1 saturated carbocycles. The largest absolute Gasteiger partial charge is 0.385 e. The molecule has 0 atom stereocenters. The van der Waals surface area contributed by atoms with Gasteiger partial charge in [-0.05, 0) is 43.0 Å². The highest BCUT2D eigenvalue weighted by molar-refractivity contribution is 7.09. The first kappa shape index (κ1) is 17.9. The molecule has 5 heteroatoms. The number of hydrogen-bond donors (Lipinski definition) is 2. The highest BCUT2D eigenvalue weighted by Crippen LogP contribution is 2.25. The van der Waals surface area contributed by atoms with Crippen LogP contribution in [0.5, 0.6) is 0 Å². The van der Waals surface area contributed by atoms with E-state index in [2.05, 4.69) is 29.5 Å². The van der Waals surface area contributed by atoms with E-state index in [9.17, 15) is 4.79 Å². The second-order valence-electron chi connectivity index (χ2n) is 7.17. The molecule has 1 heterocycles. The molecule has 134 valence electrons. The average molecular weight is 358 g/mol. The van der Waals surface area contributed by atoms with E-state index in [0.29, 0.717) is 12.3 Å². The van der Waals surface area contributed by atoms with E-state index in [1.807, 2.05) is 29.6 Å². The van der Waals surface area contributed by atoms with E-state index in [4.69, 9.17) is 0 Å². The minimum Gasteiger partial charge on any atom is -0.385 e. The lowest BCUT2D eigenvalue weighted by Gasteiger charge is -2.12. The molecule has 1 aromatic carbocycles. The van der Waals surface area contributed by atoms with Gasteiger partial charge >= 0.3 is 0 Å². The van der Waals surface area contributed by atoms with Gasteiger partial charge in [0, 0.05) is 29.2 Å². The summed E-state index contributed by atoms with van der Waals surface area (Å²) in [5.41, 5.74) is 2.79. The quantitative estimate of drug-likeness (QED) is 0.729. The molecule has 0 spiro atoms. The van der Waals surface area contributed by atoms with Gasteiger partial charge in [-0.15, -0.1) is 11.3 Å². The molecular weight excluding hydrogens is 330 g/mol. The SMILES string of the molecule is CC(C)c1nc(CC(=O)Nc2ccc(NCC3CCCC3)cc2)cs1. The summed E-state index contributed by atoms with van der Waals surface area (Å²) < 4.78 is 0. The van der Waals surface area contributed by atoms with Gasteiger partial charge in [-0.1, -0.05) is 26.7 Å². The first-order valence-electron chi connectivity index (χ1n) is 9.18. The summed E-state index contributed by atoms with van der Waals surface area (Å²) in [6.45, 7) is 5.28. The van der Waals surface area contributed by atoms with Crippen molar-refractivity contribution >= 4 is 28.6 Å². The summed E-state index contributed by atoms with van der Waals surface area (Å²) in [5, 5.41) is 9.51. The molecule has 25 heavy (non-hydrogen) atoms. The third kappa shape index (κ3) is 5.30. The van der Waals surface area contributed by atoms with Crippen molar-refractivity contribution in [2.45, 2.75) is 51.9 Å². The lowest BCUT2D eigenvalue weighted by Crippen LogP contribution is -2.15. The Labute approximate surface area is 154 Å². The van der Waals surface area contributed by atoms with Crippen LogP contribution >= 0.6 is 11.3 Å². The van der Waals surface area contributed by atoms with Gasteiger partial charge in [0.2, 0.25) is 5.91 Å². The predicted molar refractivity (Wildman–Crippen MR) is 105 cm³/mol. The van der Waals surface area contributed by atoms with Crippen molar-refractivity contribution in [1.29, 1.82) is 0 Å². The van der Waals surface area contributed by atoms with Crippen LogP contribution in [0, 0.1) is 5.92 Å². The smallest absolute Gasteiger partial charge is 0.230 e. The number of hydrogen-bond acceptors (Lipinski definition) is 4. The van der Waals surface area contributed by atoms with Crippen LogP contribution in [-0.4, -0.2) is 17.4 Å². The molecule has 2 aromatic rings.